The summed E-state index contributed by atoms with van der Waals surface area (Å²) in [6.45, 7) is 6.49. The fourth-order valence-electron chi connectivity index (χ4n) is 3.72. The summed E-state index contributed by atoms with van der Waals surface area (Å²) in [6, 6.07) is 13.3. The summed E-state index contributed by atoms with van der Waals surface area (Å²) in [4.78, 5) is 30.8. The highest BCUT2D eigenvalue weighted by Crippen LogP contribution is 2.13. The van der Waals surface area contributed by atoms with Crippen LogP contribution in [0.5, 0.6) is 0 Å². The molecule has 1 heterocycles. The molecule has 1 aromatic carbocycles. The molecule has 0 radical (unpaired) electrons. The summed E-state index contributed by atoms with van der Waals surface area (Å²) in [5.41, 5.74) is 2.23. The first kappa shape index (κ1) is 27.8. The lowest BCUT2D eigenvalue weighted by atomic mass is 9.98. The molecule has 2 rings (SSSR count). The van der Waals surface area contributed by atoms with Crippen molar-refractivity contribution in [2.24, 2.45) is 5.92 Å². The number of hydrogen-bond donors (Lipinski definition) is 3. The second-order valence-corrected chi connectivity index (χ2v) is 9.61. The van der Waals surface area contributed by atoms with Crippen molar-refractivity contribution in [3.63, 3.8) is 0 Å². The van der Waals surface area contributed by atoms with Crippen LogP contribution >= 0.6 is 11.8 Å². The number of carbonyl (C=O) groups is 2. The van der Waals surface area contributed by atoms with Crippen LogP contribution in [-0.4, -0.2) is 64.0 Å². The number of aromatic nitrogens is 1. The van der Waals surface area contributed by atoms with Crippen molar-refractivity contribution < 1.29 is 14.7 Å². The molecule has 0 saturated heterocycles. The van der Waals surface area contributed by atoms with Crippen molar-refractivity contribution in [3.8, 4) is 0 Å². The van der Waals surface area contributed by atoms with Gasteiger partial charge in [0, 0.05) is 38.1 Å². The molecular formula is C26H38N4O3S. The first-order chi connectivity index (χ1) is 16.4. The molecule has 3 N–H and O–H groups in total. The average Bonchev–Trinajstić information content (AvgIpc) is 2.84. The Morgan fingerprint density at radius 2 is 1.88 bits per heavy atom. The molecule has 0 fully saturated rings. The molecule has 186 valence electrons. The van der Waals surface area contributed by atoms with E-state index in [9.17, 15) is 14.7 Å². The van der Waals surface area contributed by atoms with E-state index in [4.69, 9.17) is 0 Å². The Balaban J connectivity index is 2.11. The van der Waals surface area contributed by atoms with E-state index in [0.29, 0.717) is 37.7 Å². The summed E-state index contributed by atoms with van der Waals surface area (Å²) in [5.74, 6) is -0.183. The van der Waals surface area contributed by atoms with Gasteiger partial charge in [-0.1, -0.05) is 56.7 Å². The van der Waals surface area contributed by atoms with Crippen LogP contribution in [-0.2, 0) is 22.7 Å². The van der Waals surface area contributed by atoms with Gasteiger partial charge in [0.2, 0.25) is 5.91 Å². The summed E-state index contributed by atoms with van der Waals surface area (Å²) >= 11 is 1.57. The minimum Gasteiger partial charge on any atom is -0.480 e. The molecule has 34 heavy (non-hydrogen) atoms. The van der Waals surface area contributed by atoms with E-state index in [1.807, 2.05) is 54.9 Å². The number of hydrogen-bond acceptors (Lipinski definition) is 6. The average molecular weight is 487 g/mol. The van der Waals surface area contributed by atoms with Crippen LogP contribution in [0, 0.1) is 5.92 Å². The smallest absolute Gasteiger partial charge is 0.326 e. The quantitative estimate of drug-likeness (QED) is 0.335. The van der Waals surface area contributed by atoms with Gasteiger partial charge in [0.25, 0.3) is 0 Å². The lowest BCUT2D eigenvalue weighted by Gasteiger charge is -2.31. The molecule has 0 aliphatic heterocycles. The zero-order valence-corrected chi connectivity index (χ0v) is 21.3. The summed E-state index contributed by atoms with van der Waals surface area (Å²) in [7, 11) is 0. The molecule has 0 aliphatic rings. The molecule has 0 unspecified atom stereocenters. The maximum absolute atomic E-state index is 12.9. The van der Waals surface area contributed by atoms with E-state index in [-0.39, 0.29) is 18.5 Å². The van der Waals surface area contributed by atoms with Gasteiger partial charge in [0.1, 0.15) is 6.04 Å². The highest BCUT2D eigenvalue weighted by Gasteiger charge is 2.24. The lowest BCUT2D eigenvalue weighted by Crippen LogP contribution is -2.49. The molecule has 0 spiro atoms. The van der Waals surface area contributed by atoms with Crippen LogP contribution in [0.1, 0.15) is 37.8 Å². The normalized spacial score (nSPS) is 13.9. The maximum atomic E-state index is 12.9. The first-order valence-electron chi connectivity index (χ1n) is 11.8. The number of carboxylic acid groups (broad SMARTS) is 1. The topological polar surface area (TPSA) is 94.6 Å². The molecule has 1 amide bonds. The van der Waals surface area contributed by atoms with Gasteiger partial charge in [0.15, 0.2) is 0 Å². The minimum absolute atomic E-state index is 0.138. The lowest BCUT2D eigenvalue weighted by molar-refractivity contribution is -0.142. The SMILES string of the molecule is CC[C@H](C)[C@@H](CN(CC(=O)N[C@@H](CCSC)C(=O)O)Cc1ccccc1)NCc1cccnc1. The number of carboxylic acids is 1. The number of nitrogens with one attached hydrogen (secondary N) is 2. The van der Waals surface area contributed by atoms with Crippen molar-refractivity contribution in [1.29, 1.82) is 0 Å². The third-order valence-corrected chi connectivity index (χ3v) is 6.58. The van der Waals surface area contributed by atoms with Gasteiger partial charge < -0.3 is 15.7 Å². The highest BCUT2D eigenvalue weighted by atomic mass is 32.2. The molecule has 1 aromatic heterocycles. The highest BCUT2D eigenvalue weighted by molar-refractivity contribution is 7.98. The zero-order valence-electron chi connectivity index (χ0n) is 20.4. The molecule has 3 atom stereocenters. The fraction of sp³-hybridized carbons (Fsp3) is 0.500. The number of rotatable bonds is 16. The van der Waals surface area contributed by atoms with Gasteiger partial charge in [-0.25, -0.2) is 4.79 Å². The van der Waals surface area contributed by atoms with Gasteiger partial charge in [-0.15, -0.1) is 0 Å². The first-order valence-corrected chi connectivity index (χ1v) is 13.2. The zero-order chi connectivity index (χ0) is 24.8. The van der Waals surface area contributed by atoms with E-state index in [1.165, 1.54) is 0 Å². The number of thioether (sulfide) groups is 1. The number of benzene rings is 1. The van der Waals surface area contributed by atoms with E-state index in [1.54, 1.807) is 18.0 Å². The summed E-state index contributed by atoms with van der Waals surface area (Å²) in [5, 5.41) is 15.9. The fourth-order valence-corrected chi connectivity index (χ4v) is 4.19. The molecular weight excluding hydrogens is 448 g/mol. The van der Waals surface area contributed by atoms with Crippen LogP contribution in [0.25, 0.3) is 0 Å². The Hall–Kier alpha value is -2.42. The third kappa shape index (κ3) is 10.2. The van der Waals surface area contributed by atoms with Crippen molar-refractivity contribution in [2.75, 3.05) is 25.1 Å². The van der Waals surface area contributed by atoms with E-state index in [0.717, 1.165) is 17.5 Å². The van der Waals surface area contributed by atoms with Crippen molar-refractivity contribution in [1.82, 2.24) is 20.5 Å². The second kappa shape index (κ2) is 15.5. The van der Waals surface area contributed by atoms with E-state index >= 15 is 0 Å². The molecule has 7 nitrogen and oxygen atoms in total. The standard InChI is InChI=1S/C26H38N4O3S/c1-4-20(2)24(28-16-22-11-8-13-27-15-22)18-30(17-21-9-6-5-7-10-21)19-25(31)29-23(26(32)33)12-14-34-3/h5-11,13,15,20,23-24,28H,4,12,14,16-19H2,1-3H3,(H,29,31)(H,32,33)/t20-,23-,24+/m0/s1. The van der Waals surface area contributed by atoms with Crippen LogP contribution in [0.15, 0.2) is 54.9 Å². The Kier molecular flexibility index (Phi) is 12.7. The number of nitrogens with zero attached hydrogens (tertiary/aromatic N) is 2. The van der Waals surface area contributed by atoms with Gasteiger partial charge >= 0.3 is 5.97 Å². The molecule has 2 aromatic rings. The Morgan fingerprint density at radius 1 is 1.15 bits per heavy atom. The van der Waals surface area contributed by atoms with Crippen LogP contribution in [0.4, 0.5) is 0 Å². The van der Waals surface area contributed by atoms with Crippen LogP contribution < -0.4 is 10.6 Å². The van der Waals surface area contributed by atoms with E-state index in [2.05, 4.69) is 34.4 Å². The maximum Gasteiger partial charge on any atom is 0.326 e. The summed E-state index contributed by atoms with van der Waals surface area (Å²) < 4.78 is 0. The van der Waals surface area contributed by atoms with Crippen LogP contribution in [0.2, 0.25) is 0 Å². The second-order valence-electron chi connectivity index (χ2n) is 8.63. The molecule has 0 bridgehead atoms. The molecule has 0 saturated carbocycles. The number of pyridine rings is 1. The predicted octanol–water partition coefficient (Wildman–Crippen LogP) is 3.41. The molecule has 0 aliphatic carbocycles. The Labute approximate surface area is 207 Å². The number of amides is 1. The largest absolute Gasteiger partial charge is 0.480 e. The van der Waals surface area contributed by atoms with Crippen molar-refractivity contribution >= 4 is 23.6 Å². The third-order valence-electron chi connectivity index (χ3n) is 5.94. The molecule has 8 heteroatoms. The van der Waals surface area contributed by atoms with Crippen LogP contribution in [0.3, 0.4) is 0 Å². The van der Waals surface area contributed by atoms with Crippen molar-refractivity contribution in [2.45, 2.75) is 51.9 Å². The van der Waals surface area contributed by atoms with Crippen molar-refractivity contribution in [3.05, 3.63) is 66.0 Å². The van der Waals surface area contributed by atoms with Gasteiger partial charge in [-0.2, -0.15) is 11.8 Å². The van der Waals surface area contributed by atoms with E-state index < -0.39 is 12.0 Å². The number of aliphatic carboxylic acids is 1. The summed E-state index contributed by atoms with van der Waals surface area (Å²) in [6.07, 6.45) is 6.96. The Morgan fingerprint density at radius 3 is 2.50 bits per heavy atom. The van der Waals surface area contributed by atoms with Gasteiger partial charge in [-0.05, 0) is 41.5 Å². The van der Waals surface area contributed by atoms with Gasteiger partial charge in [-0.3, -0.25) is 14.7 Å². The minimum atomic E-state index is -0.993. The monoisotopic (exact) mass is 486 g/mol. The Bertz CT molecular complexity index is 854. The number of carbonyl (C=O) groups excluding carboxylic acids is 1. The predicted molar refractivity (Wildman–Crippen MR) is 139 cm³/mol. The van der Waals surface area contributed by atoms with Gasteiger partial charge in [0.05, 0.1) is 6.54 Å².